The van der Waals surface area contributed by atoms with E-state index in [2.05, 4.69) is 13.8 Å². The normalized spacial score (nSPS) is 26.0. The van der Waals surface area contributed by atoms with E-state index in [0.717, 1.165) is 26.0 Å². The molecule has 154 valence electrons. The van der Waals surface area contributed by atoms with Gasteiger partial charge >= 0.3 is 0 Å². The lowest BCUT2D eigenvalue weighted by molar-refractivity contribution is -0.145. The third-order valence-corrected chi connectivity index (χ3v) is 5.76. The summed E-state index contributed by atoms with van der Waals surface area (Å²) in [5, 5.41) is 0. The molecule has 3 rings (SSSR count). The fraction of sp³-hybridized carbons (Fsp3) is 0.900. The Balaban J connectivity index is 1.43. The SMILES string of the molecule is CC(C)CN1CCOC2(CCN(C(=O)COCC3CCCO3)CC2)CC1=O. The largest absolute Gasteiger partial charge is 0.376 e. The molecular formula is C20H34N2O5. The van der Waals surface area contributed by atoms with Crippen molar-refractivity contribution in [2.24, 2.45) is 5.92 Å². The first-order valence-electron chi connectivity index (χ1n) is 10.4. The Hall–Kier alpha value is -1.18. The average molecular weight is 383 g/mol. The predicted molar refractivity (Wildman–Crippen MR) is 100 cm³/mol. The number of ether oxygens (including phenoxy) is 3. The zero-order chi connectivity index (χ0) is 19.3. The fourth-order valence-corrected chi connectivity index (χ4v) is 4.20. The Morgan fingerprint density at radius 2 is 2.04 bits per heavy atom. The van der Waals surface area contributed by atoms with E-state index in [0.29, 0.717) is 58.0 Å². The number of hydrogen-bond acceptors (Lipinski definition) is 5. The zero-order valence-corrected chi connectivity index (χ0v) is 16.8. The second-order valence-corrected chi connectivity index (χ2v) is 8.47. The van der Waals surface area contributed by atoms with Gasteiger partial charge in [-0.2, -0.15) is 0 Å². The Labute approximate surface area is 162 Å². The van der Waals surface area contributed by atoms with Crippen molar-refractivity contribution in [3.63, 3.8) is 0 Å². The highest BCUT2D eigenvalue weighted by Crippen LogP contribution is 2.32. The van der Waals surface area contributed by atoms with Crippen LogP contribution in [0.2, 0.25) is 0 Å². The van der Waals surface area contributed by atoms with Gasteiger partial charge in [0.05, 0.1) is 31.3 Å². The maximum atomic E-state index is 12.6. The van der Waals surface area contributed by atoms with Gasteiger partial charge in [0.25, 0.3) is 0 Å². The molecule has 1 unspecified atom stereocenters. The summed E-state index contributed by atoms with van der Waals surface area (Å²) >= 11 is 0. The number of hydrogen-bond donors (Lipinski definition) is 0. The van der Waals surface area contributed by atoms with Gasteiger partial charge in [0, 0.05) is 32.8 Å². The Kier molecular flexibility index (Phi) is 7.11. The van der Waals surface area contributed by atoms with Crippen LogP contribution >= 0.6 is 0 Å². The molecule has 7 nitrogen and oxygen atoms in total. The van der Waals surface area contributed by atoms with Crippen LogP contribution in [0.4, 0.5) is 0 Å². The van der Waals surface area contributed by atoms with Gasteiger partial charge in [0.15, 0.2) is 0 Å². The quantitative estimate of drug-likeness (QED) is 0.696. The van der Waals surface area contributed by atoms with Crippen molar-refractivity contribution in [3.05, 3.63) is 0 Å². The van der Waals surface area contributed by atoms with Crippen LogP contribution in [-0.4, -0.2) is 85.9 Å². The molecule has 3 aliphatic rings. The summed E-state index contributed by atoms with van der Waals surface area (Å²) in [6.45, 7) is 8.92. The molecule has 3 aliphatic heterocycles. The van der Waals surface area contributed by atoms with Crippen LogP contribution in [0.15, 0.2) is 0 Å². The molecule has 0 radical (unpaired) electrons. The highest BCUT2D eigenvalue weighted by atomic mass is 16.5. The molecule has 27 heavy (non-hydrogen) atoms. The van der Waals surface area contributed by atoms with Gasteiger partial charge in [-0.15, -0.1) is 0 Å². The summed E-state index contributed by atoms with van der Waals surface area (Å²) in [5.74, 6) is 0.655. The van der Waals surface area contributed by atoms with Crippen molar-refractivity contribution >= 4 is 11.8 Å². The minimum atomic E-state index is -0.405. The summed E-state index contributed by atoms with van der Waals surface area (Å²) in [6, 6.07) is 0. The van der Waals surface area contributed by atoms with Crippen LogP contribution in [-0.2, 0) is 23.8 Å². The van der Waals surface area contributed by atoms with E-state index >= 15 is 0 Å². The monoisotopic (exact) mass is 382 g/mol. The van der Waals surface area contributed by atoms with Crippen LogP contribution in [0.25, 0.3) is 0 Å². The maximum Gasteiger partial charge on any atom is 0.248 e. The molecule has 3 fully saturated rings. The highest BCUT2D eigenvalue weighted by Gasteiger charge is 2.41. The smallest absolute Gasteiger partial charge is 0.248 e. The molecule has 0 aromatic rings. The lowest BCUT2D eigenvalue weighted by Crippen LogP contribution is -2.50. The van der Waals surface area contributed by atoms with Crippen LogP contribution in [0.3, 0.4) is 0 Å². The van der Waals surface area contributed by atoms with Crippen molar-refractivity contribution in [1.82, 2.24) is 9.80 Å². The minimum Gasteiger partial charge on any atom is -0.376 e. The number of rotatable bonds is 6. The Morgan fingerprint density at radius 1 is 1.26 bits per heavy atom. The standard InChI is InChI=1S/C20H34N2O5/c1-16(2)13-22-9-11-27-20(12-18(22)23)5-7-21(8-6-20)19(24)15-25-14-17-4-3-10-26-17/h16-17H,3-15H2,1-2H3. The summed E-state index contributed by atoms with van der Waals surface area (Å²) in [5.41, 5.74) is -0.405. The van der Waals surface area contributed by atoms with E-state index in [1.54, 1.807) is 0 Å². The molecule has 0 aromatic carbocycles. The van der Waals surface area contributed by atoms with Crippen molar-refractivity contribution in [2.75, 3.05) is 52.6 Å². The maximum absolute atomic E-state index is 12.6. The molecule has 0 bridgehead atoms. The van der Waals surface area contributed by atoms with Crippen molar-refractivity contribution < 1.29 is 23.8 Å². The molecule has 2 amide bonds. The number of amides is 2. The van der Waals surface area contributed by atoms with E-state index in [4.69, 9.17) is 14.2 Å². The summed E-state index contributed by atoms with van der Waals surface area (Å²) in [7, 11) is 0. The van der Waals surface area contributed by atoms with E-state index in [-0.39, 0.29) is 24.5 Å². The Bertz CT molecular complexity index is 511. The molecule has 1 atom stereocenters. The predicted octanol–water partition coefficient (Wildman–Crippen LogP) is 1.45. The first kappa shape index (κ1) is 20.6. The summed E-state index contributed by atoms with van der Waals surface area (Å²) in [6.07, 6.45) is 4.08. The van der Waals surface area contributed by atoms with Gasteiger partial charge in [0.2, 0.25) is 11.8 Å². The number of nitrogens with zero attached hydrogens (tertiary/aromatic N) is 2. The van der Waals surface area contributed by atoms with Crippen molar-refractivity contribution in [3.8, 4) is 0 Å². The molecule has 7 heteroatoms. The second-order valence-electron chi connectivity index (χ2n) is 8.47. The first-order chi connectivity index (χ1) is 13.0. The van der Waals surface area contributed by atoms with E-state index in [9.17, 15) is 9.59 Å². The Morgan fingerprint density at radius 3 is 2.70 bits per heavy atom. The van der Waals surface area contributed by atoms with Crippen molar-refractivity contribution in [1.29, 1.82) is 0 Å². The third-order valence-electron chi connectivity index (χ3n) is 5.76. The van der Waals surface area contributed by atoms with Gasteiger partial charge in [-0.05, 0) is 31.6 Å². The highest BCUT2D eigenvalue weighted by molar-refractivity contribution is 5.79. The molecule has 1 spiro atoms. The minimum absolute atomic E-state index is 0.0178. The van der Waals surface area contributed by atoms with Gasteiger partial charge in [-0.3, -0.25) is 9.59 Å². The van der Waals surface area contributed by atoms with Gasteiger partial charge in [0.1, 0.15) is 6.61 Å². The molecule has 0 aliphatic carbocycles. The average Bonchev–Trinajstić information content (AvgIpc) is 3.09. The van der Waals surface area contributed by atoms with Gasteiger partial charge in [-0.1, -0.05) is 13.8 Å². The lowest BCUT2D eigenvalue weighted by Gasteiger charge is -2.40. The topological polar surface area (TPSA) is 68.3 Å². The van der Waals surface area contributed by atoms with E-state index in [1.807, 2.05) is 9.80 Å². The van der Waals surface area contributed by atoms with Crippen LogP contribution in [0.1, 0.15) is 46.0 Å². The van der Waals surface area contributed by atoms with E-state index < -0.39 is 5.60 Å². The second kappa shape index (κ2) is 9.34. The van der Waals surface area contributed by atoms with Crippen LogP contribution in [0, 0.1) is 5.92 Å². The summed E-state index contributed by atoms with van der Waals surface area (Å²) in [4.78, 5) is 28.8. The molecule has 3 heterocycles. The number of carbonyl (C=O) groups is 2. The molecule has 0 aromatic heterocycles. The molecular weight excluding hydrogens is 348 g/mol. The van der Waals surface area contributed by atoms with Crippen LogP contribution in [0.5, 0.6) is 0 Å². The summed E-state index contributed by atoms with van der Waals surface area (Å²) < 4.78 is 17.2. The lowest BCUT2D eigenvalue weighted by atomic mass is 9.87. The van der Waals surface area contributed by atoms with Crippen molar-refractivity contribution in [2.45, 2.75) is 57.7 Å². The zero-order valence-electron chi connectivity index (χ0n) is 16.8. The third kappa shape index (κ3) is 5.65. The first-order valence-corrected chi connectivity index (χ1v) is 10.4. The molecule has 0 N–H and O–H groups in total. The fourth-order valence-electron chi connectivity index (χ4n) is 4.20. The van der Waals surface area contributed by atoms with Gasteiger partial charge in [-0.25, -0.2) is 0 Å². The molecule has 0 saturated carbocycles. The number of piperidine rings is 1. The number of likely N-dealkylation sites (tertiary alicyclic amines) is 1. The van der Waals surface area contributed by atoms with Crippen LogP contribution < -0.4 is 0 Å². The number of carbonyl (C=O) groups excluding carboxylic acids is 2. The van der Waals surface area contributed by atoms with Gasteiger partial charge < -0.3 is 24.0 Å². The molecule has 3 saturated heterocycles. The van der Waals surface area contributed by atoms with E-state index in [1.165, 1.54) is 0 Å².